The molecule has 3 aromatic rings. The maximum absolute atomic E-state index is 12.7. The number of hydrogen-bond acceptors (Lipinski definition) is 5. The highest BCUT2D eigenvalue weighted by Gasteiger charge is 2.32. The third kappa shape index (κ3) is 5.92. The number of nitrogens with zero attached hydrogens (tertiary/aromatic N) is 2. The lowest BCUT2D eigenvalue weighted by atomic mass is 10.3. The summed E-state index contributed by atoms with van der Waals surface area (Å²) >= 11 is 0. The highest BCUT2D eigenvalue weighted by atomic mass is 19.4. The first-order chi connectivity index (χ1) is 14.7. The van der Waals surface area contributed by atoms with Gasteiger partial charge in [-0.3, -0.25) is 14.8 Å². The number of carbonyl (C=O) groups is 2. The van der Waals surface area contributed by atoms with E-state index in [1.165, 1.54) is 25.4 Å². The lowest BCUT2D eigenvalue weighted by Gasteiger charge is -2.11. The average Bonchev–Trinajstić information content (AvgIpc) is 2.74. The van der Waals surface area contributed by atoms with Gasteiger partial charge in [0.15, 0.2) is 0 Å². The minimum absolute atomic E-state index is 0.0515. The number of aromatic nitrogens is 2. The predicted molar refractivity (Wildman–Crippen MR) is 106 cm³/mol. The number of urea groups is 1. The molecule has 0 radical (unpaired) electrons. The summed E-state index contributed by atoms with van der Waals surface area (Å²) in [4.78, 5) is 30.8. The summed E-state index contributed by atoms with van der Waals surface area (Å²) in [5, 5.41) is 7.28. The normalized spacial score (nSPS) is 10.8. The van der Waals surface area contributed by atoms with Crippen molar-refractivity contribution < 1.29 is 27.5 Å². The molecule has 2 heterocycles. The van der Waals surface area contributed by atoms with Crippen LogP contribution in [0.5, 0.6) is 11.5 Å². The van der Waals surface area contributed by atoms with Crippen LogP contribution in [-0.4, -0.2) is 29.0 Å². The molecule has 3 rings (SSSR count). The summed E-state index contributed by atoms with van der Waals surface area (Å²) in [5.74, 6) is 0.474. The van der Waals surface area contributed by atoms with E-state index in [2.05, 4.69) is 25.9 Å². The second-order valence-electron chi connectivity index (χ2n) is 6.09. The summed E-state index contributed by atoms with van der Waals surface area (Å²) in [7, 11) is 1.49. The summed E-state index contributed by atoms with van der Waals surface area (Å²) in [6.07, 6.45) is -2.22. The van der Waals surface area contributed by atoms with Crippen LogP contribution in [0.25, 0.3) is 0 Å². The van der Waals surface area contributed by atoms with Gasteiger partial charge in [-0.2, -0.15) is 13.2 Å². The molecular formula is C20H16F3N5O3. The highest BCUT2D eigenvalue weighted by molar-refractivity contribution is 5.99. The van der Waals surface area contributed by atoms with Crippen molar-refractivity contribution in [3.63, 3.8) is 0 Å². The van der Waals surface area contributed by atoms with Gasteiger partial charge in [0, 0.05) is 36.9 Å². The van der Waals surface area contributed by atoms with Crippen LogP contribution in [-0.2, 0) is 6.18 Å². The Morgan fingerprint density at radius 2 is 1.55 bits per heavy atom. The first-order valence-corrected chi connectivity index (χ1v) is 8.82. The lowest BCUT2D eigenvalue weighted by Crippen LogP contribution is -2.20. The zero-order valence-electron chi connectivity index (χ0n) is 16.0. The molecule has 1 aromatic carbocycles. The monoisotopic (exact) mass is 431 g/mol. The maximum Gasteiger partial charge on any atom is 0.433 e. The van der Waals surface area contributed by atoms with Crippen LogP contribution in [0.1, 0.15) is 16.2 Å². The van der Waals surface area contributed by atoms with E-state index in [9.17, 15) is 22.8 Å². The molecule has 0 atom stereocenters. The third-order valence-electron chi connectivity index (χ3n) is 3.85. The van der Waals surface area contributed by atoms with E-state index in [1.54, 1.807) is 30.3 Å². The van der Waals surface area contributed by atoms with Crippen LogP contribution in [0.4, 0.5) is 29.3 Å². The van der Waals surface area contributed by atoms with Gasteiger partial charge in [-0.1, -0.05) is 0 Å². The van der Waals surface area contributed by atoms with E-state index >= 15 is 0 Å². The number of ether oxygens (including phenoxy) is 1. The Bertz CT molecular complexity index is 1090. The van der Waals surface area contributed by atoms with Gasteiger partial charge in [0.05, 0.1) is 0 Å². The van der Waals surface area contributed by atoms with Crippen LogP contribution < -0.4 is 20.7 Å². The Balaban J connectivity index is 1.61. The van der Waals surface area contributed by atoms with Gasteiger partial charge in [0.25, 0.3) is 5.91 Å². The molecule has 3 N–H and O–H groups in total. The van der Waals surface area contributed by atoms with Gasteiger partial charge in [-0.15, -0.1) is 0 Å². The van der Waals surface area contributed by atoms with E-state index < -0.39 is 17.9 Å². The van der Waals surface area contributed by atoms with Crippen molar-refractivity contribution in [3.8, 4) is 11.5 Å². The molecule has 0 saturated carbocycles. The molecule has 0 spiro atoms. The molecule has 0 bridgehead atoms. The Morgan fingerprint density at radius 1 is 0.871 bits per heavy atom. The van der Waals surface area contributed by atoms with Crippen LogP contribution in [0, 0.1) is 0 Å². The molecule has 160 valence electrons. The van der Waals surface area contributed by atoms with Crippen LogP contribution in [0.3, 0.4) is 0 Å². The molecule has 31 heavy (non-hydrogen) atoms. The largest absolute Gasteiger partial charge is 0.457 e. The summed E-state index contributed by atoms with van der Waals surface area (Å²) in [5.41, 5.74) is -0.581. The first kappa shape index (κ1) is 21.6. The molecule has 3 amide bonds. The van der Waals surface area contributed by atoms with Crippen molar-refractivity contribution >= 4 is 23.3 Å². The fraction of sp³-hybridized carbons (Fsp3) is 0.100. The summed E-state index contributed by atoms with van der Waals surface area (Å²) in [6.45, 7) is 0. The van der Waals surface area contributed by atoms with Gasteiger partial charge >= 0.3 is 12.2 Å². The van der Waals surface area contributed by atoms with Crippen LogP contribution in [0.15, 0.2) is 60.9 Å². The number of carbonyl (C=O) groups excluding carboxylic acids is 2. The minimum Gasteiger partial charge on any atom is -0.457 e. The molecule has 0 fully saturated rings. The van der Waals surface area contributed by atoms with E-state index in [4.69, 9.17) is 4.74 Å². The Hall–Kier alpha value is -4.15. The van der Waals surface area contributed by atoms with Gasteiger partial charge in [-0.25, -0.2) is 4.79 Å². The minimum atomic E-state index is -4.61. The fourth-order valence-electron chi connectivity index (χ4n) is 2.43. The molecule has 2 aromatic heterocycles. The molecule has 8 nitrogen and oxygen atoms in total. The van der Waals surface area contributed by atoms with Crippen molar-refractivity contribution in [3.05, 3.63) is 72.3 Å². The SMILES string of the molecule is CNC(=O)c1cc(Oc2ccc(NC(=O)Nc3ccnc(C(F)(F)F)c3)cc2)ccn1. The molecule has 11 heteroatoms. The number of amides is 3. The van der Waals surface area contributed by atoms with Crippen LogP contribution >= 0.6 is 0 Å². The van der Waals surface area contributed by atoms with Crippen molar-refractivity contribution in [1.29, 1.82) is 0 Å². The summed E-state index contributed by atoms with van der Waals surface area (Å²) < 4.78 is 43.8. The van der Waals surface area contributed by atoms with E-state index in [-0.39, 0.29) is 17.3 Å². The van der Waals surface area contributed by atoms with Crippen LogP contribution in [0.2, 0.25) is 0 Å². The van der Waals surface area contributed by atoms with Gasteiger partial charge in [-0.05, 0) is 42.5 Å². The lowest BCUT2D eigenvalue weighted by molar-refractivity contribution is -0.141. The second-order valence-corrected chi connectivity index (χ2v) is 6.09. The first-order valence-electron chi connectivity index (χ1n) is 8.82. The number of nitrogens with one attached hydrogen (secondary N) is 3. The molecular weight excluding hydrogens is 415 g/mol. The second kappa shape index (κ2) is 9.11. The number of halogens is 3. The number of benzene rings is 1. The molecule has 0 aliphatic rings. The Labute approximate surface area is 174 Å². The van der Waals surface area contributed by atoms with E-state index in [0.29, 0.717) is 17.2 Å². The van der Waals surface area contributed by atoms with Gasteiger partial charge in [0.1, 0.15) is 22.9 Å². The fourth-order valence-corrected chi connectivity index (χ4v) is 2.43. The van der Waals surface area contributed by atoms with Crippen molar-refractivity contribution in [2.75, 3.05) is 17.7 Å². The smallest absolute Gasteiger partial charge is 0.433 e. The summed E-state index contributed by atoms with van der Waals surface area (Å²) in [6, 6.07) is 10.5. The molecule has 0 aliphatic carbocycles. The Kier molecular flexibility index (Phi) is 6.34. The van der Waals surface area contributed by atoms with Gasteiger partial charge in [0.2, 0.25) is 0 Å². The number of anilines is 2. The van der Waals surface area contributed by atoms with Gasteiger partial charge < -0.3 is 20.7 Å². The third-order valence-corrected chi connectivity index (χ3v) is 3.85. The number of pyridine rings is 2. The number of alkyl halides is 3. The Morgan fingerprint density at radius 3 is 2.23 bits per heavy atom. The van der Waals surface area contributed by atoms with E-state index in [0.717, 1.165) is 12.3 Å². The standard InChI is InChI=1S/C20H16F3N5O3/c1-24-18(29)16-11-15(7-9-25-16)31-14-4-2-12(3-5-14)27-19(30)28-13-6-8-26-17(10-13)20(21,22)23/h2-11H,1H3,(H,24,29)(H2,26,27,28,30). The molecule has 0 aliphatic heterocycles. The van der Waals surface area contributed by atoms with E-state index in [1.807, 2.05) is 0 Å². The maximum atomic E-state index is 12.7. The average molecular weight is 431 g/mol. The zero-order chi connectivity index (χ0) is 22.4. The molecule has 0 unspecified atom stereocenters. The van der Waals surface area contributed by atoms with Crippen molar-refractivity contribution in [2.24, 2.45) is 0 Å². The number of rotatable bonds is 5. The highest BCUT2D eigenvalue weighted by Crippen LogP contribution is 2.29. The zero-order valence-corrected chi connectivity index (χ0v) is 16.0. The van der Waals surface area contributed by atoms with Crippen molar-refractivity contribution in [2.45, 2.75) is 6.18 Å². The molecule has 0 saturated heterocycles. The predicted octanol–water partition coefficient (Wildman–Crippen LogP) is 4.29. The topological polar surface area (TPSA) is 105 Å². The number of hydrogen-bond donors (Lipinski definition) is 3. The quantitative estimate of drug-likeness (QED) is 0.559. The van der Waals surface area contributed by atoms with Crippen molar-refractivity contribution in [1.82, 2.24) is 15.3 Å².